The second-order valence-corrected chi connectivity index (χ2v) is 7.23. The van der Waals surface area contributed by atoms with Gasteiger partial charge in [0, 0.05) is 19.0 Å². The third-order valence-electron chi connectivity index (χ3n) is 5.56. The molecule has 0 saturated heterocycles. The van der Waals surface area contributed by atoms with E-state index in [4.69, 9.17) is 0 Å². The minimum atomic E-state index is -0.563. The Morgan fingerprint density at radius 1 is 0.880 bits per heavy atom. The number of nitrogens with one attached hydrogen (secondary N) is 1. The third-order valence-corrected chi connectivity index (χ3v) is 5.56. The van der Waals surface area contributed by atoms with Gasteiger partial charge in [0.05, 0.1) is 5.60 Å². The van der Waals surface area contributed by atoms with Gasteiger partial charge < -0.3 is 10.4 Å². The molecule has 0 spiro atoms. The van der Waals surface area contributed by atoms with Crippen molar-refractivity contribution in [2.24, 2.45) is 0 Å². The topological polar surface area (TPSA) is 32.3 Å². The maximum atomic E-state index is 11.1. The largest absolute Gasteiger partial charge is 0.389 e. The summed E-state index contributed by atoms with van der Waals surface area (Å²) in [7, 11) is 0. The fourth-order valence-electron chi connectivity index (χ4n) is 3.89. The van der Waals surface area contributed by atoms with Gasteiger partial charge in [-0.05, 0) is 41.2 Å². The van der Waals surface area contributed by atoms with Crippen molar-refractivity contribution in [3.8, 4) is 0 Å². The molecule has 0 aromatic heterocycles. The Morgan fingerprint density at radius 3 is 2.32 bits per heavy atom. The van der Waals surface area contributed by atoms with Gasteiger partial charge >= 0.3 is 0 Å². The van der Waals surface area contributed by atoms with Gasteiger partial charge in [-0.25, -0.2) is 0 Å². The van der Waals surface area contributed by atoms with E-state index in [1.165, 1.54) is 21.9 Å². The van der Waals surface area contributed by atoms with Crippen LogP contribution in [0, 0.1) is 0 Å². The molecule has 0 aliphatic heterocycles. The minimum Gasteiger partial charge on any atom is -0.389 e. The summed E-state index contributed by atoms with van der Waals surface area (Å²) in [6.45, 7) is 1.63. The summed E-state index contributed by atoms with van der Waals surface area (Å²) in [6, 6.07) is 25.5. The summed E-state index contributed by atoms with van der Waals surface area (Å²) in [6.07, 6.45) is 2.92. The van der Waals surface area contributed by atoms with E-state index in [2.05, 4.69) is 72.0 Å². The lowest BCUT2D eigenvalue weighted by Crippen LogP contribution is -2.46. The van der Waals surface area contributed by atoms with Gasteiger partial charge in [0.25, 0.3) is 0 Å². The highest BCUT2D eigenvalue weighted by molar-refractivity contribution is 5.83. The minimum absolute atomic E-state index is 0.134. The van der Waals surface area contributed by atoms with Crippen molar-refractivity contribution < 1.29 is 5.11 Å². The Kier molecular flexibility index (Phi) is 4.56. The van der Waals surface area contributed by atoms with Crippen LogP contribution in [0.5, 0.6) is 0 Å². The van der Waals surface area contributed by atoms with Crippen LogP contribution in [0.1, 0.15) is 36.3 Å². The molecule has 0 radical (unpaired) electrons. The normalized spacial score (nSPS) is 17.2. The van der Waals surface area contributed by atoms with Crippen molar-refractivity contribution in [2.75, 3.05) is 6.54 Å². The Bertz CT molecular complexity index is 839. The molecule has 2 N–H and O–H groups in total. The van der Waals surface area contributed by atoms with E-state index in [9.17, 15) is 5.11 Å². The molecule has 4 rings (SSSR count). The molecule has 1 aliphatic carbocycles. The van der Waals surface area contributed by atoms with E-state index < -0.39 is 5.60 Å². The van der Waals surface area contributed by atoms with E-state index >= 15 is 0 Å². The van der Waals surface area contributed by atoms with Gasteiger partial charge in [0.2, 0.25) is 0 Å². The van der Waals surface area contributed by atoms with Gasteiger partial charge in [0.1, 0.15) is 0 Å². The average Bonchev–Trinajstić information content (AvgIpc) is 2.64. The second kappa shape index (κ2) is 6.99. The summed E-state index contributed by atoms with van der Waals surface area (Å²) in [4.78, 5) is 0. The van der Waals surface area contributed by atoms with Gasteiger partial charge in [-0.2, -0.15) is 0 Å². The molecule has 0 bridgehead atoms. The van der Waals surface area contributed by atoms with E-state index in [0.717, 1.165) is 32.4 Å². The van der Waals surface area contributed by atoms with Gasteiger partial charge in [0.15, 0.2) is 0 Å². The Hall–Kier alpha value is -2.16. The van der Waals surface area contributed by atoms with Crippen LogP contribution in [-0.4, -0.2) is 17.3 Å². The summed E-state index contributed by atoms with van der Waals surface area (Å²) in [5, 5.41) is 17.1. The summed E-state index contributed by atoms with van der Waals surface area (Å²) in [5.74, 6) is 0.134. The third kappa shape index (κ3) is 3.46. The van der Waals surface area contributed by atoms with E-state index in [1.807, 2.05) is 6.07 Å². The average molecular weight is 331 g/mol. The molecule has 25 heavy (non-hydrogen) atoms. The molecule has 1 atom stereocenters. The Balaban J connectivity index is 1.55. The van der Waals surface area contributed by atoms with E-state index in [1.54, 1.807) is 0 Å². The predicted octanol–water partition coefficient (Wildman–Crippen LogP) is 4.63. The van der Waals surface area contributed by atoms with Crippen molar-refractivity contribution in [2.45, 2.75) is 37.3 Å². The summed E-state index contributed by atoms with van der Waals surface area (Å²) < 4.78 is 0. The van der Waals surface area contributed by atoms with E-state index in [-0.39, 0.29) is 5.92 Å². The van der Waals surface area contributed by atoms with Crippen LogP contribution in [0.3, 0.4) is 0 Å². The number of hydrogen-bond acceptors (Lipinski definition) is 2. The van der Waals surface area contributed by atoms with Crippen LogP contribution in [0.25, 0.3) is 10.8 Å². The summed E-state index contributed by atoms with van der Waals surface area (Å²) >= 11 is 0. The molecule has 3 aromatic carbocycles. The van der Waals surface area contributed by atoms with Crippen LogP contribution in [-0.2, 0) is 6.54 Å². The molecule has 0 amide bonds. The van der Waals surface area contributed by atoms with Crippen molar-refractivity contribution in [3.05, 3.63) is 83.9 Å². The lowest BCUT2D eigenvalue weighted by Gasteiger charge is -2.44. The van der Waals surface area contributed by atoms with Crippen molar-refractivity contribution in [1.29, 1.82) is 0 Å². The van der Waals surface area contributed by atoms with Crippen molar-refractivity contribution in [1.82, 2.24) is 5.32 Å². The monoisotopic (exact) mass is 331 g/mol. The zero-order chi connectivity index (χ0) is 17.1. The first-order valence-corrected chi connectivity index (χ1v) is 9.20. The van der Waals surface area contributed by atoms with Gasteiger partial charge in [-0.15, -0.1) is 0 Å². The molecule has 1 fully saturated rings. The summed E-state index contributed by atoms with van der Waals surface area (Å²) in [5.41, 5.74) is 1.95. The zero-order valence-electron chi connectivity index (χ0n) is 14.5. The fourth-order valence-corrected chi connectivity index (χ4v) is 3.89. The molecule has 0 heterocycles. The number of fused-ring (bicyclic) bond motifs is 1. The molecule has 1 saturated carbocycles. The first-order chi connectivity index (χ1) is 12.2. The maximum Gasteiger partial charge on any atom is 0.0728 e. The smallest absolute Gasteiger partial charge is 0.0728 e. The second-order valence-electron chi connectivity index (χ2n) is 7.23. The standard InChI is InChI=1S/C23H25NO/c25-23(13-6-14-23)22(17-24-16-18-7-2-1-3-8-18)21-12-11-19-9-4-5-10-20(19)15-21/h1-5,7-12,15,22,24-25H,6,13-14,16-17H2. The van der Waals surface area contributed by atoms with Crippen LogP contribution in [0.4, 0.5) is 0 Å². The first-order valence-electron chi connectivity index (χ1n) is 9.20. The highest BCUT2D eigenvalue weighted by Gasteiger charge is 2.42. The maximum absolute atomic E-state index is 11.1. The lowest BCUT2D eigenvalue weighted by molar-refractivity contribution is -0.0569. The fraction of sp³-hybridized carbons (Fsp3) is 0.304. The zero-order valence-corrected chi connectivity index (χ0v) is 14.5. The van der Waals surface area contributed by atoms with Crippen LogP contribution in [0.15, 0.2) is 72.8 Å². The molecule has 1 unspecified atom stereocenters. The van der Waals surface area contributed by atoms with Crippen LogP contribution in [0.2, 0.25) is 0 Å². The highest BCUT2D eigenvalue weighted by Crippen LogP contribution is 2.43. The van der Waals surface area contributed by atoms with Crippen molar-refractivity contribution >= 4 is 10.8 Å². The SMILES string of the molecule is OC1(C(CNCc2ccccc2)c2ccc3ccccc3c2)CCC1. The van der Waals surface area contributed by atoms with Crippen LogP contribution >= 0.6 is 0 Å². The number of hydrogen-bond donors (Lipinski definition) is 2. The van der Waals surface area contributed by atoms with Crippen molar-refractivity contribution in [3.63, 3.8) is 0 Å². The highest BCUT2D eigenvalue weighted by atomic mass is 16.3. The molecule has 2 nitrogen and oxygen atoms in total. The lowest BCUT2D eigenvalue weighted by atomic mass is 9.68. The molecular weight excluding hydrogens is 306 g/mol. The molecule has 3 aromatic rings. The Labute approximate surface area is 149 Å². The van der Waals surface area contributed by atoms with Gasteiger partial charge in [-0.3, -0.25) is 0 Å². The number of aliphatic hydroxyl groups is 1. The quantitative estimate of drug-likeness (QED) is 0.690. The number of benzene rings is 3. The number of rotatable bonds is 6. The Morgan fingerprint density at radius 2 is 1.60 bits per heavy atom. The van der Waals surface area contributed by atoms with E-state index in [0.29, 0.717) is 0 Å². The molecule has 2 heteroatoms. The molecule has 128 valence electrons. The first kappa shape index (κ1) is 16.3. The predicted molar refractivity (Wildman–Crippen MR) is 104 cm³/mol. The van der Waals surface area contributed by atoms with Gasteiger partial charge in [-0.1, -0.05) is 72.8 Å². The molecular formula is C23H25NO. The van der Waals surface area contributed by atoms with Crippen LogP contribution < -0.4 is 5.32 Å². The molecule has 1 aliphatic rings.